The van der Waals surface area contributed by atoms with E-state index in [4.69, 9.17) is 0 Å². The molecule has 0 unspecified atom stereocenters. The van der Waals surface area contributed by atoms with E-state index < -0.39 is 12.8 Å². The number of ether oxygens (including phenoxy) is 1. The number of hydrogen-bond donors (Lipinski definition) is 0. The molecule has 0 N–H and O–H groups in total. The molecule has 0 saturated carbocycles. The molecule has 0 aliphatic heterocycles. The molecule has 60 valence electrons. The van der Waals surface area contributed by atoms with Gasteiger partial charge in [-0.3, -0.25) is 0 Å². The van der Waals surface area contributed by atoms with Crippen molar-refractivity contribution < 1.29 is 13.5 Å². The molecule has 1 aromatic rings. The van der Waals surface area contributed by atoms with E-state index in [9.17, 15) is 8.78 Å². The third-order valence-corrected chi connectivity index (χ3v) is 1.78. The van der Waals surface area contributed by atoms with E-state index in [2.05, 4.69) is 9.72 Å². The summed E-state index contributed by atoms with van der Waals surface area (Å²) in [4.78, 5) is 3.33. The molecule has 0 fully saturated rings. The average molecular weight is 271 g/mol. The fraction of sp³-hybridized carbons (Fsp3) is 0.167. The van der Waals surface area contributed by atoms with Crippen LogP contribution in [-0.2, 0) is 0 Å². The lowest BCUT2D eigenvalue weighted by molar-refractivity contribution is 0.183. The topological polar surface area (TPSA) is 22.1 Å². The lowest BCUT2D eigenvalue weighted by Gasteiger charge is -1.99. The quantitative estimate of drug-likeness (QED) is 0.607. The Bertz CT molecular complexity index is 256. The summed E-state index contributed by atoms with van der Waals surface area (Å²) in [5.41, 5.74) is 0. The van der Waals surface area contributed by atoms with Gasteiger partial charge in [0.15, 0.2) is 0 Å². The van der Waals surface area contributed by atoms with Gasteiger partial charge in [0.25, 0.3) is 0 Å². The van der Waals surface area contributed by atoms with Crippen LogP contribution in [0.2, 0.25) is 0 Å². The van der Waals surface area contributed by atoms with Crippen LogP contribution < -0.4 is 4.74 Å². The van der Waals surface area contributed by atoms with Crippen molar-refractivity contribution in [3.8, 4) is 5.88 Å². The Labute approximate surface area is 75.7 Å². The van der Waals surface area contributed by atoms with Crippen molar-refractivity contribution in [2.24, 2.45) is 0 Å². The third-order valence-electron chi connectivity index (χ3n) is 0.980. The first-order valence-electron chi connectivity index (χ1n) is 2.75. The zero-order valence-electron chi connectivity index (χ0n) is 5.35. The van der Waals surface area contributed by atoms with Gasteiger partial charge in [0.05, 0.1) is 3.57 Å². The molecule has 0 bridgehead atoms. The maximum atomic E-state index is 12.6. The summed E-state index contributed by atoms with van der Waals surface area (Å²) in [7, 11) is 0. The lowest BCUT2D eigenvalue weighted by atomic mass is 10.5. The highest BCUT2D eigenvalue weighted by Gasteiger charge is 2.01. The monoisotopic (exact) mass is 271 g/mol. The molecule has 0 radical (unpaired) electrons. The highest BCUT2D eigenvalue weighted by molar-refractivity contribution is 14.1. The molecule has 5 heteroatoms. The number of nitrogens with zero attached hydrogens (tertiary/aromatic N) is 1. The van der Waals surface area contributed by atoms with Gasteiger partial charge in [-0.1, -0.05) is 0 Å². The molecule has 0 aliphatic rings. The van der Waals surface area contributed by atoms with E-state index >= 15 is 0 Å². The Hall–Kier alpha value is -0.460. The minimum atomic E-state index is -0.993. The Morgan fingerprint density at radius 3 is 2.82 bits per heavy atom. The third kappa shape index (κ3) is 2.25. The largest absolute Gasteiger partial charge is 0.446 e. The van der Waals surface area contributed by atoms with Gasteiger partial charge in [0.2, 0.25) is 18.7 Å². The predicted octanol–water partition coefficient (Wildman–Crippen LogP) is 2.13. The van der Waals surface area contributed by atoms with Gasteiger partial charge in [0, 0.05) is 6.07 Å². The summed E-state index contributed by atoms with van der Waals surface area (Å²) in [5.74, 6) is -0.679. The summed E-state index contributed by atoms with van der Waals surface area (Å²) in [6.07, 6.45) is 0. The van der Waals surface area contributed by atoms with Gasteiger partial charge in [-0.2, -0.15) is 9.37 Å². The highest BCUT2D eigenvalue weighted by Crippen LogP contribution is 2.13. The van der Waals surface area contributed by atoms with Gasteiger partial charge in [-0.25, -0.2) is 4.39 Å². The number of rotatable bonds is 2. The second-order valence-corrected chi connectivity index (χ2v) is 2.84. The fourth-order valence-electron chi connectivity index (χ4n) is 0.537. The molecular weight excluding hydrogens is 267 g/mol. The molecule has 0 aromatic carbocycles. The van der Waals surface area contributed by atoms with Gasteiger partial charge in [0.1, 0.15) is 0 Å². The molecule has 1 rings (SSSR count). The standard InChI is InChI=1S/C6H4F2INO/c7-3-11-5-2-1-4(9)6(8)10-5/h1-2H,3H2. The van der Waals surface area contributed by atoms with Crippen LogP contribution in [0.4, 0.5) is 8.78 Å². The second kappa shape index (κ2) is 3.80. The Balaban J connectivity index is 2.86. The molecule has 11 heavy (non-hydrogen) atoms. The van der Waals surface area contributed by atoms with Gasteiger partial charge < -0.3 is 4.74 Å². The second-order valence-electron chi connectivity index (χ2n) is 1.68. The van der Waals surface area contributed by atoms with Gasteiger partial charge in [-0.15, -0.1) is 0 Å². The van der Waals surface area contributed by atoms with Crippen molar-refractivity contribution in [3.05, 3.63) is 21.7 Å². The summed E-state index contributed by atoms with van der Waals surface area (Å²) >= 11 is 1.78. The van der Waals surface area contributed by atoms with Crippen LogP contribution in [0.25, 0.3) is 0 Å². The first kappa shape index (κ1) is 8.63. The van der Waals surface area contributed by atoms with E-state index in [1.165, 1.54) is 12.1 Å². The van der Waals surface area contributed by atoms with Crippen molar-refractivity contribution in [2.45, 2.75) is 0 Å². The van der Waals surface area contributed by atoms with Gasteiger partial charge in [-0.05, 0) is 28.7 Å². The molecule has 0 spiro atoms. The van der Waals surface area contributed by atoms with E-state index in [0.29, 0.717) is 3.57 Å². The molecule has 0 aliphatic carbocycles. The molecule has 0 saturated heterocycles. The highest BCUT2D eigenvalue weighted by atomic mass is 127. The number of aromatic nitrogens is 1. The molecule has 2 nitrogen and oxygen atoms in total. The zero-order chi connectivity index (χ0) is 8.27. The first-order chi connectivity index (χ1) is 5.24. The van der Waals surface area contributed by atoms with E-state index in [0.717, 1.165) is 0 Å². The number of hydrogen-bond acceptors (Lipinski definition) is 2. The molecule has 1 heterocycles. The maximum absolute atomic E-state index is 12.6. The Morgan fingerprint density at radius 1 is 1.55 bits per heavy atom. The normalized spacial score (nSPS) is 9.73. The van der Waals surface area contributed by atoms with Crippen molar-refractivity contribution in [1.29, 1.82) is 0 Å². The SMILES string of the molecule is FCOc1ccc(I)c(F)n1. The van der Waals surface area contributed by atoms with E-state index in [1.807, 2.05) is 0 Å². The Morgan fingerprint density at radius 2 is 2.27 bits per heavy atom. The molecule has 1 aromatic heterocycles. The zero-order valence-corrected chi connectivity index (χ0v) is 7.51. The molecule has 0 amide bonds. The minimum Gasteiger partial charge on any atom is -0.446 e. The molecular formula is C6H4F2INO. The lowest BCUT2D eigenvalue weighted by Crippen LogP contribution is -1.95. The minimum absolute atomic E-state index is 0.0367. The van der Waals surface area contributed by atoms with Crippen LogP contribution in [0.5, 0.6) is 5.88 Å². The maximum Gasteiger partial charge on any atom is 0.230 e. The fourth-order valence-corrected chi connectivity index (χ4v) is 0.837. The van der Waals surface area contributed by atoms with Crippen molar-refractivity contribution in [3.63, 3.8) is 0 Å². The average Bonchev–Trinajstić information content (AvgIpc) is 1.98. The summed E-state index contributed by atoms with van der Waals surface area (Å²) in [5, 5.41) is 0. The van der Waals surface area contributed by atoms with Crippen LogP contribution in [0, 0.1) is 9.52 Å². The van der Waals surface area contributed by atoms with E-state index in [1.54, 1.807) is 22.6 Å². The van der Waals surface area contributed by atoms with E-state index in [-0.39, 0.29) is 5.88 Å². The van der Waals surface area contributed by atoms with Crippen molar-refractivity contribution in [1.82, 2.24) is 4.98 Å². The molecule has 0 atom stereocenters. The van der Waals surface area contributed by atoms with Crippen molar-refractivity contribution >= 4 is 22.6 Å². The summed E-state index contributed by atoms with van der Waals surface area (Å²) in [6, 6.07) is 2.87. The number of halogens is 3. The van der Waals surface area contributed by atoms with Crippen LogP contribution in [0.15, 0.2) is 12.1 Å². The van der Waals surface area contributed by atoms with Crippen LogP contribution >= 0.6 is 22.6 Å². The van der Waals surface area contributed by atoms with Crippen LogP contribution in [0.1, 0.15) is 0 Å². The Kier molecular flexibility index (Phi) is 2.98. The summed E-state index contributed by atoms with van der Waals surface area (Å²) in [6.45, 7) is -0.993. The van der Waals surface area contributed by atoms with Crippen molar-refractivity contribution in [2.75, 3.05) is 6.86 Å². The summed E-state index contributed by atoms with van der Waals surface area (Å²) < 4.78 is 28.8. The predicted molar refractivity (Wildman–Crippen MR) is 43.5 cm³/mol. The van der Waals surface area contributed by atoms with Crippen LogP contribution in [-0.4, -0.2) is 11.8 Å². The van der Waals surface area contributed by atoms with Crippen LogP contribution in [0.3, 0.4) is 0 Å². The smallest absolute Gasteiger partial charge is 0.230 e. The number of pyridine rings is 1. The van der Waals surface area contributed by atoms with Gasteiger partial charge >= 0.3 is 0 Å². The number of alkyl halides is 1. The first-order valence-corrected chi connectivity index (χ1v) is 3.82.